The summed E-state index contributed by atoms with van der Waals surface area (Å²) >= 11 is 0. The van der Waals surface area contributed by atoms with Crippen LogP contribution in [0.15, 0.2) is 35.6 Å². The van der Waals surface area contributed by atoms with Gasteiger partial charge < -0.3 is 10.5 Å². The first-order valence-electron chi connectivity index (χ1n) is 9.00. The Kier molecular flexibility index (Phi) is 5.75. The summed E-state index contributed by atoms with van der Waals surface area (Å²) in [7, 11) is -2.51. The second-order valence-corrected chi connectivity index (χ2v) is 8.87. The molecule has 1 aromatic carbocycles. The maximum Gasteiger partial charge on any atom is 0.239 e. The summed E-state index contributed by atoms with van der Waals surface area (Å²) in [6, 6.07) is 3.83. The topological polar surface area (TPSA) is 111 Å². The van der Waals surface area contributed by atoms with Gasteiger partial charge in [0, 0.05) is 12.6 Å². The van der Waals surface area contributed by atoms with E-state index in [2.05, 4.69) is 15.0 Å². The van der Waals surface area contributed by atoms with Gasteiger partial charge in [0.2, 0.25) is 21.9 Å². The van der Waals surface area contributed by atoms with Gasteiger partial charge in [-0.3, -0.25) is 0 Å². The van der Waals surface area contributed by atoms with Crippen molar-refractivity contribution in [2.24, 2.45) is 10.7 Å². The van der Waals surface area contributed by atoms with E-state index in [-0.39, 0.29) is 23.1 Å². The molecule has 1 atom stereocenters. The Balaban J connectivity index is 1.98. The molecule has 0 bridgehead atoms. The van der Waals surface area contributed by atoms with Crippen LogP contribution in [0.25, 0.3) is 11.9 Å². The highest BCUT2D eigenvalue weighted by molar-refractivity contribution is 7.89. The van der Waals surface area contributed by atoms with Crippen LogP contribution in [0.2, 0.25) is 0 Å². The van der Waals surface area contributed by atoms with Crippen molar-refractivity contribution in [3.05, 3.63) is 53.2 Å². The third-order valence-electron chi connectivity index (χ3n) is 4.59. The zero-order valence-electron chi connectivity index (χ0n) is 16.6. The van der Waals surface area contributed by atoms with Crippen LogP contribution < -0.4 is 10.5 Å². The molecule has 0 saturated carbocycles. The third-order valence-corrected chi connectivity index (χ3v) is 6.54. The summed E-state index contributed by atoms with van der Waals surface area (Å²) in [4.78, 5) is 12.1. The van der Waals surface area contributed by atoms with Crippen LogP contribution in [0, 0.1) is 5.82 Å². The van der Waals surface area contributed by atoms with Gasteiger partial charge >= 0.3 is 0 Å². The Bertz CT molecular complexity index is 1120. The van der Waals surface area contributed by atoms with E-state index in [0.29, 0.717) is 12.2 Å². The zero-order chi connectivity index (χ0) is 22.1. The fraction of sp³-hybridized carbons (Fsp3) is 0.316. The minimum atomic E-state index is -3.78. The molecular weight excluding hydrogens is 416 g/mol. The Hall–Kier alpha value is -3.08. The predicted octanol–water partition coefficient (Wildman–Crippen LogP) is 2.29. The molecule has 1 aliphatic heterocycles. The maximum atomic E-state index is 14.6. The SMILES string of the molecule is CCOc1cnc(/C(F)=C/c2ccc(F)c([C@]3(C)CS(=O)(=O)N(C)C(N)=N3)c2)cn1. The fourth-order valence-electron chi connectivity index (χ4n) is 3.02. The Labute approximate surface area is 173 Å². The number of ether oxygens (including phenoxy) is 1. The third kappa shape index (κ3) is 4.25. The average Bonchev–Trinajstić information content (AvgIpc) is 2.68. The van der Waals surface area contributed by atoms with Gasteiger partial charge in [0.1, 0.15) is 17.1 Å². The number of sulfonamides is 1. The summed E-state index contributed by atoms with van der Waals surface area (Å²) in [5.74, 6) is -1.84. The Morgan fingerprint density at radius 1 is 1.37 bits per heavy atom. The molecule has 0 spiro atoms. The largest absolute Gasteiger partial charge is 0.477 e. The van der Waals surface area contributed by atoms with Crippen molar-refractivity contribution in [2.45, 2.75) is 19.4 Å². The van der Waals surface area contributed by atoms with Crippen molar-refractivity contribution >= 4 is 27.9 Å². The molecule has 0 saturated heterocycles. The van der Waals surface area contributed by atoms with Gasteiger partial charge in [0.25, 0.3) is 0 Å². The number of hydrogen-bond acceptors (Lipinski definition) is 7. The van der Waals surface area contributed by atoms with E-state index in [1.54, 1.807) is 6.92 Å². The van der Waals surface area contributed by atoms with Crippen LogP contribution in [0.4, 0.5) is 8.78 Å². The van der Waals surface area contributed by atoms with E-state index in [1.807, 2.05) is 0 Å². The average molecular weight is 437 g/mol. The monoisotopic (exact) mass is 437 g/mol. The molecule has 0 fully saturated rings. The normalized spacial score (nSPS) is 21.3. The maximum absolute atomic E-state index is 14.6. The molecule has 0 amide bonds. The smallest absolute Gasteiger partial charge is 0.239 e. The minimum Gasteiger partial charge on any atom is -0.477 e. The second kappa shape index (κ2) is 7.98. The van der Waals surface area contributed by atoms with E-state index >= 15 is 0 Å². The molecule has 1 aliphatic rings. The molecule has 2 heterocycles. The first kappa shape index (κ1) is 21.6. The summed E-state index contributed by atoms with van der Waals surface area (Å²) in [5, 5.41) is 0. The fourth-order valence-corrected chi connectivity index (χ4v) is 4.47. The number of guanidine groups is 1. The molecule has 160 valence electrons. The predicted molar refractivity (Wildman–Crippen MR) is 109 cm³/mol. The van der Waals surface area contributed by atoms with Crippen molar-refractivity contribution in [3.8, 4) is 5.88 Å². The number of hydrogen-bond donors (Lipinski definition) is 1. The molecule has 11 heteroatoms. The number of benzene rings is 1. The summed E-state index contributed by atoms with van der Waals surface area (Å²) in [6.45, 7) is 3.66. The molecule has 2 N–H and O–H groups in total. The van der Waals surface area contributed by atoms with Crippen molar-refractivity contribution in [1.82, 2.24) is 14.3 Å². The summed E-state index contributed by atoms with van der Waals surface area (Å²) in [5.41, 5.74) is 4.52. The van der Waals surface area contributed by atoms with Crippen LogP contribution in [-0.4, -0.2) is 48.1 Å². The quantitative estimate of drug-likeness (QED) is 0.768. The molecule has 2 aromatic rings. The molecule has 0 unspecified atom stereocenters. The highest BCUT2D eigenvalue weighted by Crippen LogP contribution is 2.34. The van der Waals surface area contributed by atoms with Crippen LogP contribution in [-0.2, 0) is 15.6 Å². The number of aliphatic imine (C=N–C) groups is 1. The number of nitrogens with two attached hydrogens (primary N) is 1. The second-order valence-electron chi connectivity index (χ2n) is 6.87. The van der Waals surface area contributed by atoms with Gasteiger partial charge in [-0.1, -0.05) is 6.07 Å². The van der Waals surface area contributed by atoms with E-state index in [1.165, 1.54) is 38.5 Å². The van der Waals surface area contributed by atoms with Crippen molar-refractivity contribution in [1.29, 1.82) is 0 Å². The molecule has 0 aliphatic carbocycles. The lowest BCUT2D eigenvalue weighted by Gasteiger charge is -2.34. The highest BCUT2D eigenvalue weighted by Gasteiger charge is 2.41. The van der Waals surface area contributed by atoms with E-state index < -0.39 is 33.0 Å². The highest BCUT2D eigenvalue weighted by atomic mass is 32.2. The lowest BCUT2D eigenvalue weighted by Crippen LogP contribution is -2.50. The zero-order valence-corrected chi connectivity index (χ0v) is 17.4. The number of aromatic nitrogens is 2. The van der Waals surface area contributed by atoms with Crippen molar-refractivity contribution in [3.63, 3.8) is 0 Å². The van der Waals surface area contributed by atoms with Crippen molar-refractivity contribution < 1.29 is 21.9 Å². The minimum absolute atomic E-state index is 0.0125. The van der Waals surface area contributed by atoms with E-state index in [9.17, 15) is 17.2 Å². The summed E-state index contributed by atoms with van der Waals surface area (Å²) in [6.07, 6.45) is 3.66. The number of rotatable bonds is 5. The van der Waals surface area contributed by atoms with Gasteiger partial charge in [0.15, 0.2) is 5.83 Å². The van der Waals surface area contributed by atoms with Gasteiger partial charge in [-0.2, -0.15) is 0 Å². The molecule has 1 aromatic heterocycles. The molecular formula is C19H21F2N5O3S. The number of nitrogens with zero attached hydrogens (tertiary/aromatic N) is 4. The van der Waals surface area contributed by atoms with E-state index in [4.69, 9.17) is 10.5 Å². The van der Waals surface area contributed by atoms with Crippen LogP contribution in [0.1, 0.15) is 30.7 Å². The first-order chi connectivity index (χ1) is 14.1. The lowest BCUT2D eigenvalue weighted by atomic mass is 9.92. The molecule has 8 nitrogen and oxygen atoms in total. The molecule has 30 heavy (non-hydrogen) atoms. The van der Waals surface area contributed by atoms with Crippen molar-refractivity contribution in [2.75, 3.05) is 19.4 Å². The van der Waals surface area contributed by atoms with Crippen LogP contribution >= 0.6 is 0 Å². The number of halogens is 2. The van der Waals surface area contributed by atoms with Gasteiger partial charge in [-0.25, -0.2) is 36.5 Å². The first-order valence-corrected chi connectivity index (χ1v) is 10.6. The van der Waals surface area contributed by atoms with Gasteiger partial charge in [-0.15, -0.1) is 0 Å². The van der Waals surface area contributed by atoms with E-state index in [0.717, 1.165) is 16.4 Å². The van der Waals surface area contributed by atoms with Gasteiger partial charge in [-0.05, 0) is 37.6 Å². The Morgan fingerprint density at radius 2 is 2.10 bits per heavy atom. The molecule has 3 rings (SSSR count). The molecule has 0 radical (unpaired) electrons. The Morgan fingerprint density at radius 3 is 2.70 bits per heavy atom. The summed E-state index contributed by atoms with van der Waals surface area (Å²) < 4.78 is 59.9. The van der Waals surface area contributed by atoms with Crippen LogP contribution in [0.5, 0.6) is 5.88 Å². The van der Waals surface area contributed by atoms with Gasteiger partial charge in [0.05, 0.1) is 24.8 Å². The lowest BCUT2D eigenvalue weighted by molar-refractivity contribution is 0.325. The van der Waals surface area contributed by atoms with Crippen LogP contribution in [0.3, 0.4) is 0 Å². The standard InChI is InChI=1S/C19H21F2N5O3S/c1-4-29-17-10-23-16(9-24-17)15(21)8-12-5-6-14(20)13(7-12)19(2)11-30(27,28)26(3)18(22)25-19/h5-10H,4,11H2,1-3H3,(H2,22,25)/b15-8-/t19-/m0/s1.